The van der Waals surface area contributed by atoms with E-state index in [1.165, 1.54) is 0 Å². The molecular weight excluding hydrogens is 415 g/mol. The number of hydrogen-bond donors (Lipinski definition) is 0. The van der Waals surface area contributed by atoms with Gasteiger partial charge in [0.1, 0.15) is 4.49 Å². The van der Waals surface area contributed by atoms with Crippen molar-refractivity contribution >= 4 is 45.0 Å². The molecule has 0 bridgehead atoms. The Morgan fingerprint density at radius 3 is 1.87 bits per heavy atom. The highest BCUT2D eigenvalue weighted by atomic mass is 79.9. The van der Waals surface area contributed by atoms with Crippen LogP contribution in [-0.2, 0) is 36.1 Å². The van der Waals surface area contributed by atoms with E-state index in [4.69, 9.17) is 20.9 Å². The van der Waals surface area contributed by atoms with Gasteiger partial charge in [0, 0.05) is 20.0 Å². The molecule has 0 aliphatic carbocycles. The third-order valence-corrected chi connectivity index (χ3v) is 11.8. The fourth-order valence-electron chi connectivity index (χ4n) is 2.35. The first kappa shape index (κ1) is 21.5. The summed E-state index contributed by atoms with van der Waals surface area (Å²) >= 11 is 9.30. The zero-order valence-electron chi connectivity index (χ0n) is 14.6. The van der Waals surface area contributed by atoms with E-state index in [2.05, 4.69) is 15.9 Å². The van der Waals surface area contributed by atoms with Crippen molar-refractivity contribution in [3.05, 3.63) is 34.3 Å². The van der Waals surface area contributed by atoms with Crippen molar-refractivity contribution in [1.82, 2.24) is 0 Å². The van der Waals surface area contributed by atoms with E-state index in [1.807, 2.05) is 65.8 Å². The van der Waals surface area contributed by atoms with E-state index < -0.39 is 26.5 Å². The summed E-state index contributed by atoms with van der Waals surface area (Å²) in [6.07, 6.45) is 0. The van der Waals surface area contributed by atoms with Gasteiger partial charge in [0.2, 0.25) is 6.49 Å². The molecule has 3 nitrogen and oxygen atoms in total. The average Bonchev–Trinajstić information content (AvgIpc) is 2.45. The van der Waals surface area contributed by atoms with Crippen LogP contribution in [-0.4, -0.2) is 22.2 Å². The summed E-state index contributed by atoms with van der Waals surface area (Å²) < 4.78 is 25.0. The van der Waals surface area contributed by atoms with E-state index >= 15 is 0 Å². The maximum Gasteiger partial charge on any atom is 0.211 e. The summed E-state index contributed by atoms with van der Waals surface area (Å²) in [6.45, 7) is 9.63. The molecule has 0 saturated carbocycles. The summed E-state index contributed by atoms with van der Waals surface area (Å²) in [6, 6.07) is 7.77. The van der Waals surface area contributed by atoms with Crippen LogP contribution in [0.25, 0.3) is 0 Å². The van der Waals surface area contributed by atoms with Crippen molar-refractivity contribution in [2.75, 3.05) is 13.2 Å². The van der Waals surface area contributed by atoms with Gasteiger partial charge in [0.05, 0.1) is 13.2 Å². The van der Waals surface area contributed by atoms with E-state index in [0.717, 1.165) is 10.0 Å². The van der Waals surface area contributed by atoms with Crippen LogP contribution in [0, 0.1) is 0 Å². The SMILES string of the molecule is CCOP(=S)(OCC)[C@@](C)(c1ccc(Br)cc1)S(=O)C(C)(C)C. The molecule has 2 atom stereocenters. The number of benzene rings is 1. The lowest BCUT2D eigenvalue weighted by Gasteiger charge is -2.42. The Bertz CT molecular complexity index is 588. The Kier molecular flexibility index (Phi) is 7.65. The van der Waals surface area contributed by atoms with Crippen molar-refractivity contribution in [3.63, 3.8) is 0 Å². The molecular formula is C16H26BrO3PS2. The first-order valence-corrected chi connectivity index (χ1v) is 12.2. The zero-order valence-corrected chi connectivity index (χ0v) is 18.7. The minimum atomic E-state index is -2.81. The molecule has 1 aromatic rings. The van der Waals surface area contributed by atoms with Gasteiger partial charge in [0.15, 0.2) is 0 Å². The molecule has 0 fully saturated rings. The summed E-state index contributed by atoms with van der Waals surface area (Å²) in [5.41, 5.74) is 0.888. The second-order valence-electron chi connectivity index (χ2n) is 6.20. The minimum absolute atomic E-state index is 0.435. The molecule has 132 valence electrons. The highest BCUT2D eigenvalue weighted by Gasteiger charge is 2.52. The standard InChI is InChI=1S/C16H26BrO3PS2/c1-7-19-21(22,20-8-2)16(6,23(18)15(3,4)5)13-9-11-14(17)12-10-13/h9-12H,7-8H2,1-6H3/t16-,23?/m1/s1. The van der Waals surface area contributed by atoms with E-state index in [9.17, 15) is 4.21 Å². The van der Waals surface area contributed by atoms with Gasteiger partial charge in [0.25, 0.3) is 0 Å². The number of hydrogen-bond acceptors (Lipinski definition) is 4. The first-order valence-electron chi connectivity index (χ1n) is 7.60. The van der Waals surface area contributed by atoms with Crippen LogP contribution in [0.5, 0.6) is 0 Å². The molecule has 0 saturated heterocycles. The summed E-state index contributed by atoms with van der Waals surface area (Å²) in [4.78, 5) is 0. The molecule has 0 N–H and O–H groups in total. The van der Waals surface area contributed by atoms with Crippen LogP contribution in [0.3, 0.4) is 0 Å². The smallest absolute Gasteiger partial charge is 0.211 e. The van der Waals surface area contributed by atoms with Crippen molar-refractivity contribution in [2.45, 2.75) is 50.8 Å². The quantitative estimate of drug-likeness (QED) is 0.520. The molecule has 0 radical (unpaired) electrons. The summed E-state index contributed by atoms with van der Waals surface area (Å²) in [5, 5.41) is 0. The van der Waals surface area contributed by atoms with Crippen LogP contribution in [0.15, 0.2) is 28.7 Å². The molecule has 0 aromatic heterocycles. The van der Waals surface area contributed by atoms with Gasteiger partial charge in [-0.05, 0) is 71.0 Å². The summed E-state index contributed by atoms with van der Waals surface area (Å²) in [7, 11) is -1.29. The van der Waals surface area contributed by atoms with Crippen molar-refractivity contribution in [3.8, 4) is 0 Å². The lowest BCUT2D eigenvalue weighted by atomic mass is 10.1. The van der Waals surface area contributed by atoms with Crippen LogP contribution >= 0.6 is 22.4 Å². The highest BCUT2D eigenvalue weighted by molar-refractivity contribution is 9.10. The topological polar surface area (TPSA) is 35.5 Å². The molecule has 0 aliphatic rings. The Hall–Kier alpha value is 0.420. The lowest BCUT2D eigenvalue weighted by Crippen LogP contribution is -2.39. The number of halogens is 1. The van der Waals surface area contributed by atoms with E-state index in [1.54, 1.807) is 0 Å². The van der Waals surface area contributed by atoms with E-state index in [-0.39, 0.29) is 0 Å². The van der Waals surface area contributed by atoms with Gasteiger partial charge < -0.3 is 9.05 Å². The molecule has 0 amide bonds. The molecule has 1 rings (SSSR count). The van der Waals surface area contributed by atoms with Crippen molar-refractivity contribution < 1.29 is 13.3 Å². The van der Waals surface area contributed by atoms with Crippen LogP contribution in [0.1, 0.15) is 47.1 Å². The molecule has 1 aromatic carbocycles. The number of rotatable bonds is 7. The normalized spacial score (nSPS) is 16.8. The third-order valence-electron chi connectivity index (χ3n) is 3.42. The van der Waals surface area contributed by atoms with Crippen LogP contribution in [0.2, 0.25) is 0 Å². The van der Waals surface area contributed by atoms with Crippen LogP contribution < -0.4 is 0 Å². The van der Waals surface area contributed by atoms with Gasteiger partial charge in [-0.3, -0.25) is 4.21 Å². The monoisotopic (exact) mass is 440 g/mol. The van der Waals surface area contributed by atoms with Gasteiger partial charge in [-0.15, -0.1) is 0 Å². The van der Waals surface area contributed by atoms with Gasteiger partial charge in [-0.1, -0.05) is 28.1 Å². The molecule has 0 heterocycles. The Morgan fingerprint density at radius 2 is 1.52 bits per heavy atom. The Morgan fingerprint density at radius 1 is 1.09 bits per heavy atom. The molecule has 7 heteroatoms. The highest BCUT2D eigenvalue weighted by Crippen LogP contribution is 2.67. The van der Waals surface area contributed by atoms with Gasteiger partial charge >= 0.3 is 0 Å². The summed E-state index contributed by atoms with van der Waals surface area (Å²) in [5.74, 6) is 0. The van der Waals surface area contributed by atoms with E-state index in [0.29, 0.717) is 13.2 Å². The maximum absolute atomic E-state index is 13.5. The van der Waals surface area contributed by atoms with Gasteiger partial charge in [-0.25, -0.2) is 0 Å². The Balaban J connectivity index is 3.62. The molecule has 0 spiro atoms. The van der Waals surface area contributed by atoms with Crippen molar-refractivity contribution in [2.24, 2.45) is 0 Å². The fraction of sp³-hybridized carbons (Fsp3) is 0.625. The zero-order chi connectivity index (χ0) is 17.9. The van der Waals surface area contributed by atoms with Crippen molar-refractivity contribution in [1.29, 1.82) is 0 Å². The fourth-order valence-corrected chi connectivity index (χ4v) is 9.37. The van der Waals surface area contributed by atoms with Gasteiger partial charge in [-0.2, -0.15) is 0 Å². The predicted molar refractivity (Wildman–Crippen MR) is 107 cm³/mol. The predicted octanol–water partition coefficient (Wildman–Crippen LogP) is 5.55. The minimum Gasteiger partial charge on any atom is -0.328 e. The van der Waals surface area contributed by atoms with Crippen LogP contribution in [0.4, 0.5) is 0 Å². The molecule has 1 unspecified atom stereocenters. The molecule has 0 aliphatic heterocycles. The maximum atomic E-state index is 13.5. The Labute approximate surface area is 156 Å². The second-order valence-corrected chi connectivity index (χ2v) is 13.8. The lowest BCUT2D eigenvalue weighted by molar-refractivity contribution is 0.256. The average molecular weight is 441 g/mol. The second kappa shape index (κ2) is 8.20. The first-order chi connectivity index (χ1) is 10.5. The third kappa shape index (κ3) is 4.53. The molecule has 23 heavy (non-hydrogen) atoms. The largest absolute Gasteiger partial charge is 0.328 e.